The van der Waals surface area contributed by atoms with Gasteiger partial charge in [0.05, 0.1) is 36.0 Å². The van der Waals surface area contributed by atoms with Crippen molar-refractivity contribution >= 4 is 28.6 Å². The summed E-state index contributed by atoms with van der Waals surface area (Å²) in [5.41, 5.74) is 1.91. The maximum Gasteiger partial charge on any atom is 0.282 e. The van der Waals surface area contributed by atoms with Crippen molar-refractivity contribution in [1.29, 1.82) is 5.26 Å². The number of piperazine rings is 1. The van der Waals surface area contributed by atoms with Gasteiger partial charge in [-0.25, -0.2) is 18.2 Å². The Balaban J connectivity index is 1.52. The molecule has 1 atom stereocenters. The van der Waals surface area contributed by atoms with E-state index >= 15 is 4.39 Å². The molecular formula is C31H32F3N7O2. The molecule has 3 aromatic rings. The molecule has 12 heteroatoms. The molecule has 0 spiro atoms. The summed E-state index contributed by atoms with van der Waals surface area (Å²) in [4.78, 5) is 30.0. The number of halogens is 3. The Hall–Kier alpha value is -4.37. The van der Waals surface area contributed by atoms with Gasteiger partial charge in [0.15, 0.2) is 17.5 Å². The number of likely N-dealkylation sites (N-methyl/N-ethyl adjacent to an activating group) is 1. The third-order valence-corrected chi connectivity index (χ3v) is 8.55. The van der Waals surface area contributed by atoms with Crippen molar-refractivity contribution < 1.29 is 22.7 Å². The van der Waals surface area contributed by atoms with Crippen LogP contribution in [-0.2, 0) is 11.2 Å². The second-order valence-electron chi connectivity index (χ2n) is 11.4. The van der Waals surface area contributed by atoms with E-state index in [0.717, 1.165) is 11.6 Å². The Kier molecular flexibility index (Phi) is 7.60. The van der Waals surface area contributed by atoms with Crippen molar-refractivity contribution in [3.05, 3.63) is 53.9 Å². The van der Waals surface area contributed by atoms with Crippen molar-refractivity contribution in [2.24, 2.45) is 0 Å². The molecule has 3 aliphatic rings. The molecule has 224 valence electrons. The van der Waals surface area contributed by atoms with Crippen LogP contribution in [-0.4, -0.2) is 91.2 Å². The molecule has 3 aliphatic heterocycles. The molecule has 4 heterocycles. The monoisotopic (exact) mass is 591 g/mol. The minimum absolute atomic E-state index is 0.000361. The molecule has 1 unspecified atom stereocenters. The van der Waals surface area contributed by atoms with E-state index < -0.39 is 29.4 Å². The fraction of sp³-hybridized carbons (Fsp3) is 0.419. The molecule has 1 amide bonds. The maximum atomic E-state index is 15.1. The molecule has 0 saturated carbocycles. The lowest BCUT2D eigenvalue weighted by atomic mass is 9.91. The summed E-state index contributed by atoms with van der Waals surface area (Å²) in [7, 11) is 4.03. The van der Waals surface area contributed by atoms with Crippen LogP contribution < -0.4 is 14.5 Å². The number of carbonyl (C=O) groups excluding carboxylic acids is 1. The summed E-state index contributed by atoms with van der Waals surface area (Å²) in [5.74, 6) is -2.21. The molecule has 0 aliphatic carbocycles. The number of benzene rings is 2. The first-order chi connectivity index (χ1) is 20.7. The van der Waals surface area contributed by atoms with Gasteiger partial charge in [-0.3, -0.25) is 4.79 Å². The fourth-order valence-corrected chi connectivity index (χ4v) is 6.12. The van der Waals surface area contributed by atoms with Gasteiger partial charge >= 0.3 is 0 Å². The molecule has 43 heavy (non-hydrogen) atoms. The average molecular weight is 592 g/mol. The topological polar surface area (TPSA) is 88.8 Å². The second-order valence-corrected chi connectivity index (χ2v) is 11.4. The van der Waals surface area contributed by atoms with Crippen LogP contribution in [0.5, 0.6) is 5.75 Å². The van der Waals surface area contributed by atoms with Gasteiger partial charge in [-0.05, 0) is 44.6 Å². The van der Waals surface area contributed by atoms with Crippen LogP contribution in [0.25, 0.3) is 22.0 Å². The highest BCUT2D eigenvalue weighted by atomic mass is 19.2. The number of fused-ring (bicyclic) bond motifs is 3. The molecule has 6 rings (SSSR count). The first kappa shape index (κ1) is 28.7. The standard InChI is InChI=1S/C31H32F3N7O2/c1-18(32)30(42)41-12-11-39(15-19(41)9-10-35)29-26-25(36-31(37-29)40-16-20(17-40)38(2)3)14-23(22-7-5-13-43-28(22)26)21-6-4-8-24(33)27(21)34/h4,6,8,14,19-20H,1,5,7,9,11-13,15-17H2,2-3H3. The van der Waals surface area contributed by atoms with Crippen molar-refractivity contribution in [3.8, 4) is 22.9 Å². The number of aromatic nitrogens is 2. The van der Waals surface area contributed by atoms with Gasteiger partial charge in [-0.2, -0.15) is 10.2 Å². The van der Waals surface area contributed by atoms with Crippen LogP contribution in [0, 0.1) is 23.0 Å². The molecule has 1 aromatic heterocycles. The first-order valence-electron chi connectivity index (χ1n) is 14.3. The van der Waals surface area contributed by atoms with Crippen molar-refractivity contribution in [2.75, 3.05) is 63.2 Å². The quantitative estimate of drug-likeness (QED) is 0.397. The predicted molar refractivity (Wildman–Crippen MR) is 157 cm³/mol. The zero-order chi connectivity index (χ0) is 30.4. The third kappa shape index (κ3) is 5.12. The highest BCUT2D eigenvalue weighted by Crippen LogP contribution is 2.45. The zero-order valence-corrected chi connectivity index (χ0v) is 24.1. The number of anilines is 2. The Bertz CT molecular complexity index is 1650. The van der Waals surface area contributed by atoms with Crippen LogP contribution in [0.15, 0.2) is 36.7 Å². The lowest BCUT2D eigenvalue weighted by Crippen LogP contribution is -2.58. The molecule has 2 fully saturated rings. The van der Waals surface area contributed by atoms with Gasteiger partial charge in [0.25, 0.3) is 5.91 Å². The van der Waals surface area contributed by atoms with Crippen LogP contribution >= 0.6 is 0 Å². The van der Waals surface area contributed by atoms with Crippen LogP contribution in [0.3, 0.4) is 0 Å². The smallest absolute Gasteiger partial charge is 0.282 e. The van der Waals surface area contributed by atoms with E-state index in [0.29, 0.717) is 79.1 Å². The number of nitrogens with zero attached hydrogens (tertiary/aromatic N) is 7. The molecular weight excluding hydrogens is 559 g/mol. The zero-order valence-electron chi connectivity index (χ0n) is 24.1. The van der Waals surface area contributed by atoms with Crippen molar-refractivity contribution in [3.63, 3.8) is 0 Å². The van der Waals surface area contributed by atoms with Gasteiger partial charge in [-0.1, -0.05) is 18.7 Å². The van der Waals surface area contributed by atoms with Crippen LogP contribution in [0.4, 0.5) is 24.9 Å². The molecule has 0 radical (unpaired) electrons. The van der Waals surface area contributed by atoms with Gasteiger partial charge in [-0.15, -0.1) is 0 Å². The fourth-order valence-electron chi connectivity index (χ4n) is 6.12. The van der Waals surface area contributed by atoms with Crippen molar-refractivity contribution in [2.45, 2.75) is 31.3 Å². The number of rotatable bonds is 6. The Morgan fingerprint density at radius 2 is 1.95 bits per heavy atom. The lowest BCUT2D eigenvalue weighted by molar-refractivity contribution is -0.131. The third-order valence-electron chi connectivity index (χ3n) is 8.55. The number of hydrogen-bond donors (Lipinski definition) is 0. The summed E-state index contributed by atoms with van der Waals surface area (Å²) >= 11 is 0. The lowest BCUT2D eigenvalue weighted by Gasteiger charge is -2.44. The van der Waals surface area contributed by atoms with E-state index in [4.69, 9.17) is 14.7 Å². The Labute approximate surface area is 247 Å². The van der Waals surface area contributed by atoms with Crippen LogP contribution in [0.2, 0.25) is 0 Å². The minimum Gasteiger partial charge on any atom is -0.492 e. The average Bonchev–Trinajstić information content (AvgIpc) is 2.96. The number of nitriles is 1. The maximum absolute atomic E-state index is 15.1. The molecule has 0 N–H and O–H groups in total. The van der Waals surface area contributed by atoms with Gasteiger partial charge in [0.1, 0.15) is 11.6 Å². The highest BCUT2D eigenvalue weighted by Gasteiger charge is 2.36. The van der Waals surface area contributed by atoms with E-state index in [9.17, 15) is 18.8 Å². The summed E-state index contributed by atoms with van der Waals surface area (Å²) in [5, 5.41) is 10.1. The Morgan fingerprint density at radius 3 is 2.67 bits per heavy atom. The Morgan fingerprint density at radius 1 is 1.16 bits per heavy atom. The molecule has 9 nitrogen and oxygen atoms in total. The van der Waals surface area contributed by atoms with Crippen molar-refractivity contribution in [1.82, 2.24) is 19.8 Å². The number of amides is 1. The van der Waals surface area contributed by atoms with E-state index in [-0.39, 0.29) is 25.1 Å². The normalized spacial score (nSPS) is 18.7. The van der Waals surface area contributed by atoms with Crippen LogP contribution in [0.1, 0.15) is 18.4 Å². The molecule has 2 aromatic carbocycles. The highest BCUT2D eigenvalue weighted by molar-refractivity contribution is 6.01. The SMILES string of the molecule is C=C(F)C(=O)N1CCN(c2nc(N3CC(N(C)C)C3)nc3cc(-c4cccc(F)c4F)c4c(c23)OCCC4)CC1CC#N. The largest absolute Gasteiger partial charge is 0.492 e. The summed E-state index contributed by atoms with van der Waals surface area (Å²) in [6.45, 7) is 5.72. The van der Waals surface area contributed by atoms with E-state index in [2.05, 4.69) is 22.4 Å². The molecule has 2 saturated heterocycles. The van der Waals surface area contributed by atoms with Gasteiger partial charge in [0.2, 0.25) is 5.95 Å². The number of carbonyl (C=O) groups is 1. The summed E-state index contributed by atoms with van der Waals surface area (Å²) < 4.78 is 49.6. The first-order valence-corrected chi connectivity index (χ1v) is 14.3. The van der Waals surface area contributed by atoms with E-state index in [1.54, 1.807) is 12.1 Å². The number of hydrogen-bond acceptors (Lipinski definition) is 8. The molecule has 0 bridgehead atoms. The predicted octanol–water partition coefficient (Wildman–Crippen LogP) is 4.06. The summed E-state index contributed by atoms with van der Waals surface area (Å²) in [6.07, 6.45) is 1.29. The number of ether oxygens (including phenoxy) is 1. The van der Waals surface area contributed by atoms with Gasteiger partial charge in [0, 0.05) is 49.9 Å². The van der Waals surface area contributed by atoms with E-state index in [1.165, 1.54) is 11.0 Å². The second kappa shape index (κ2) is 11.4. The minimum atomic E-state index is -1.07. The summed E-state index contributed by atoms with van der Waals surface area (Å²) in [6, 6.07) is 7.75. The van der Waals surface area contributed by atoms with E-state index in [1.807, 2.05) is 19.0 Å². The van der Waals surface area contributed by atoms with Gasteiger partial charge < -0.3 is 24.3 Å².